The summed E-state index contributed by atoms with van der Waals surface area (Å²) >= 11 is 0. The summed E-state index contributed by atoms with van der Waals surface area (Å²) in [4.78, 5) is 26.4. The zero-order chi connectivity index (χ0) is 12.3. The summed E-state index contributed by atoms with van der Waals surface area (Å²) in [7, 11) is 0. The molecule has 2 fully saturated rings. The van der Waals surface area contributed by atoms with E-state index in [2.05, 4.69) is 10.2 Å². The van der Waals surface area contributed by atoms with Gasteiger partial charge < -0.3 is 15.3 Å². The fourth-order valence-electron chi connectivity index (χ4n) is 2.35. The Bertz CT molecular complexity index is 302. The van der Waals surface area contributed by atoms with E-state index in [0.717, 1.165) is 32.7 Å². The van der Waals surface area contributed by atoms with Crippen LogP contribution in [0, 0.1) is 5.92 Å². The van der Waals surface area contributed by atoms with E-state index in [1.165, 1.54) is 0 Å². The van der Waals surface area contributed by atoms with Crippen LogP contribution in [0.1, 0.15) is 6.42 Å². The second kappa shape index (κ2) is 5.46. The zero-order valence-electron chi connectivity index (χ0n) is 9.89. The van der Waals surface area contributed by atoms with Crippen molar-refractivity contribution in [3.05, 3.63) is 0 Å². The van der Waals surface area contributed by atoms with Gasteiger partial charge in [-0.2, -0.15) is 0 Å². The minimum absolute atomic E-state index is 0.0208. The van der Waals surface area contributed by atoms with Crippen molar-refractivity contribution in [3.8, 4) is 0 Å². The summed E-state index contributed by atoms with van der Waals surface area (Å²) in [5.74, 6) is -1.39. The molecule has 0 unspecified atom stereocenters. The van der Waals surface area contributed by atoms with E-state index >= 15 is 0 Å². The summed E-state index contributed by atoms with van der Waals surface area (Å²) < 4.78 is 0. The van der Waals surface area contributed by atoms with Gasteiger partial charge in [0.05, 0.1) is 5.92 Å². The number of carbonyl (C=O) groups is 2. The number of carboxylic acid groups (broad SMARTS) is 1. The van der Waals surface area contributed by atoms with Crippen molar-refractivity contribution >= 4 is 11.9 Å². The summed E-state index contributed by atoms with van der Waals surface area (Å²) in [5, 5.41) is 12.1. The molecule has 0 aliphatic carbocycles. The Morgan fingerprint density at radius 2 is 2.06 bits per heavy atom. The molecule has 0 aromatic carbocycles. The highest BCUT2D eigenvalue weighted by Gasteiger charge is 2.34. The van der Waals surface area contributed by atoms with E-state index < -0.39 is 11.9 Å². The van der Waals surface area contributed by atoms with Gasteiger partial charge in [-0.1, -0.05) is 0 Å². The Labute approximate surface area is 101 Å². The van der Waals surface area contributed by atoms with Crippen LogP contribution in [0.5, 0.6) is 0 Å². The fourth-order valence-corrected chi connectivity index (χ4v) is 2.35. The van der Waals surface area contributed by atoms with Gasteiger partial charge in [-0.3, -0.25) is 14.5 Å². The number of nitrogens with one attached hydrogen (secondary N) is 1. The van der Waals surface area contributed by atoms with Gasteiger partial charge in [-0.25, -0.2) is 0 Å². The lowest BCUT2D eigenvalue weighted by molar-refractivity contribution is -0.141. The van der Waals surface area contributed by atoms with Crippen molar-refractivity contribution in [3.63, 3.8) is 0 Å². The van der Waals surface area contributed by atoms with Gasteiger partial charge in [-0.05, 0) is 0 Å². The van der Waals surface area contributed by atoms with Gasteiger partial charge in [0, 0.05) is 52.2 Å². The van der Waals surface area contributed by atoms with Gasteiger partial charge in [0.2, 0.25) is 5.91 Å². The number of carboxylic acids is 1. The number of nitrogens with zero attached hydrogens (tertiary/aromatic N) is 2. The molecule has 0 saturated carbocycles. The molecule has 1 amide bonds. The van der Waals surface area contributed by atoms with Crippen molar-refractivity contribution in [2.24, 2.45) is 5.92 Å². The van der Waals surface area contributed by atoms with Crippen LogP contribution in [0.15, 0.2) is 0 Å². The van der Waals surface area contributed by atoms with Crippen LogP contribution in [-0.2, 0) is 9.59 Å². The third-order valence-corrected chi connectivity index (χ3v) is 3.46. The Morgan fingerprint density at radius 1 is 1.35 bits per heavy atom. The molecule has 2 aliphatic heterocycles. The highest BCUT2D eigenvalue weighted by molar-refractivity contribution is 5.86. The van der Waals surface area contributed by atoms with E-state index in [1.54, 1.807) is 4.90 Å². The van der Waals surface area contributed by atoms with Gasteiger partial charge in [-0.15, -0.1) is 0 Å². The van der Waals surface area contributed by atoms with Crippen LogP contribution in [0.2, 0.25) is 0 Å². The molecule has 96 valence electrons. The molecule has 2 N–H and O–H groups in total. The normalized spacial score (nSPS) is 26.5. The third-order valence-electron chi connectivity index (χ3n) is 3.46. The first-order chi connectivity index (χ1) is 8.16. The predicted molar refractivity (Wildman–Crippen MR) is 61.6 cm³/mol. The monoisotopic (exact) mass is 241 g/mol. The molecule has 1 atom stereocenters. The topological polar surface area (TPSA) is 72.9 Å². The average molecular weight is 241 g/mol. The van der Waals surface area contributed by atoms with Crippen LogP contribution in [0.3, 0.4) is 0 Å². The molecule has 17 heavy (non-hydrogen) atoms. The molecular formula is C11H19N3O3. The van der Waals surface area contributed by atoms with Crippen LogP contribution in [0.25, 0.3) is 0 Å². The molecule has 0 aromatic heterocycles. The molecule has 2 heterocycles. The number of aliphatic carboxylic acids is 1. The van der Waals surface area contributed by atoms with Crippen LogP contribution in [-0.4, -0.2) is 72.6 Å². The van der Waals surface area contributed by atoms with Crippen LogP contribution >= 0.6 is 0 Å². The first kappa shape index (κ1) is 12.3. The van der Waals surface area contributed by atoms with E-state index in [4.69, 9.17) is 5.11 Å². The average Bonchev–Trinajstić information content (AvgIpc) is 2.70. The Balaban J connectivity index is 1.75. The quantitative estimate of drug-likeness (QED) is 0.648. The Hall–Kier alpha value is -1.14. The van der Waals surface area contributed by atoms with E-state index in [0.29, 0.717) is 13.1 Å². The lowest BCUT2D eigenvalue weighted by Gasteiger charge is -2.29. The largest absolute Gasteiger partial charge is 0.481 e. The molecule has 0 bridgehead atoms. The zero-order valence-corrected chi connectivity index (χ0v) is 9.89. The highest BCUT2D eigenvalue weighted by atomic mass is 16.4. The number of piperazine rings is 1. The van der Waals surface area contributed by atoms with Crippen molar-refractivity contribution in [2.75, 3.05) is 45.8 Å². The maximum Gasteiger partial charge on any atom is 0.308 e. The second-order valence-electron chi connectivity index (χ2n) is 4.67. The smallest absolute Gasteiger partial charge is 0.308 e. The SMILES string of the molecule is O=C(O)[C@@H]1CC(=O)N(CCN2CCNCC2)C1. The Morgan fingerprint density at radius 3 is 2.65 bits per heavy atom. The number of rotatable bonds is 4. The standard InChI is InChI=1S/C11H19N3O3/c15-10-7-9(11(16)17)8-14(10)6-5-13-3-1-12-2-4-13/h9,12H,1-8H2,(H,16,17)/t9-/m1/s1. The number of hydrogen-bond acceptors (Lipinski definition) is 4. The van der Waals surface area contributed by atoms with E-state index in [-0.39, 0.29) is 12.3 Å². The van der Waals surface area contributed by atoms with Crippen LogP contribution < -0.4 is 5.32 Å². The fraction of sp³-hybridized carbons (Fsp3) is 0.818. The van der Waals surface area contributed by atoms with Crippen molar-refractivity contribution < 1.29 is 14.7 Å². The van der Waals surface area contributed by atoms with E-state index in [9.17, 15) is 9.59 Å². The summed E-state index contributed by atoms with van der Waals surface area (Å²) in [6.45, 7) is 5.87. The third kappa shape index (κ3) is 3.17. The lowest BCUT2D eigenvalue weighted by Crippen LogP contribution is -2.46. The lowest BCUT2D eigenvalue weighted by atomic mass is 10.1. The van der Waals surface area contributed by atoms with Gasteiger partial charge in [0.25, 0.3) is 0 Å². The highest BCUT2D eigenvalue weighted by Crippen LogP contribution is 2.17. The molecule has 6 nitrogen and oxygen atoms in total. The van der Waals surface area contributed by atoms with Crippen molar-refractivity contribution in [2.45, 2.75) is 6.42 Å². The molecule has 0 radical (unpaired) electrons. The molecule has 2 saturated heterocycles. The summed E-state index contributed by atoms with van der Waals surface area (Å²) in [6.07, 6.45) is 0.164. The first-order valence-corrected chi connectivity index (χ1v) is 6.10. The molecule has 0 spiro atoms. The van der Waals surface area contributed by atoms with Gasteiger partial charge >= 0.3 is 5.97 Å². The predicted octanol–water partition coefficient (Wildman–Crippen LogP) is -1.18. The number of hydrogen-bond donors (Lipinski definition) is 2. The van der Waals surface area contributed by atoms with E-state index in [1.807, 2.05) is 0 Å². The molecule has 0 aromatic rings. The maximum absolute atomic E-state index is 11.6. The van der Waals surface area contributed by atoms with Gasteiger partial charge in [0.1, 0.15) is 0 Å². The molecular weight excluding hydrogens is 222 g/mol. The maximum atomic E-state index is 11.6. The molecule has 6 heteroatoms. The van der Waals surface area contributed by atoms with Crippen LogP contribution in [0.4, 0.5) is 0 Å². The number of carbonyl (C=O) groups excluding carboxylic acids is 1. The summed E-state index contributed by atoms with van der Waals surface area (Å²) in [6, 6.07) is 0. The van der Waals surface area contributed by atoms with Crippen molar-refractivity contribution in [1.82, 2.24) is 15.1 Å². The minimum Gasteiger partial charge on any atom is -0.481 e. The second-order valence-corrected chi connectivity index (χ2v) is 4.67. The number of likely N-dealkylation sites (tertiary alicyclic amines) is 1. The molecule has 2 aliphatic rings. The van der Waals surface area contributed by atoms with Gasteiger partial charge in [0.15, 0.2) is 0 Å². The first-order valence-electron chi connectivity index (χ1n) is 6.10. The summed E-state index contributed by atoms with van der Waals surface area (Å²) in [5.41, 5.74) is 0. The van der Waals surface area contributed by atoms with Crippen molar-refractivity contribution in [1.29, 1.82) is 0 Å². The number of amides is 1. The minimum atomic E-state index is -0.858. The Kier molecular flexibility index (Phi) is 3.96. The molecule has 2 rings (SSSR count).